The maximum atomic E-state index is 11.1. The van der Waals surface area contributed by atoms with E-state index in [9.17, 15) is 4.79 Å². The van der Waals surface area contributed by atoms with Gasteiger partial charge in [0.05, 0.1) is 11.1 Å². The van der Waals surface area contributed by atoms with Gasteiger partial charge in [-0.15, -0.1) is 0 Å². The van der Waals surface area contributed by atoms with E-state index in [1.54, 1.807) is 12.1 Å². The predicted molar refractivity (Wildman–Crippen MR) is 92.1 cm³/mol. The van der Waals surface area contributed by atoms with Gasteiger partial charge in [-0.3, -0.25) is 4.98 Å². The van der Waals surface area contributed by atoms with Crippen LogP contribution in [-0.4, -0.2) is 22.6 Å². The number of nitrogens with one attached hydrogen (secondary N) is 1. The van der Waals surface area contributed by atoms with E-state index in [1.807, 2.05) is 37.3 Å². The second-order valence-corrected chi connectivity index (χ2v) is 5.51. The van der Waals surface area contributed by atoms with Crippen molar-refractivity contribution in [1.29, 1.82) is 0 Å². The molecule has 0 saturated heterocycles. The third kappa shape index (κ3) is 3.48. The van der Waals surface area contributed by atoms with Gasteiger partial charge < -0.3 is 10.4 Å². The van der Waals surface area contributed by atoms with Crippen LogP contribution in [-0.2, 0) is 6.42 Å². The van der Waals surface area contributed by atoms with Gasteiger partial charge in [0.1, 0.15) is 0 Å². The highest BCUT2D eigenvalue weighted by Gasteiger charge is 2.08. The number of anilines is 1. The molecule has 0 aliphatic carbocycles. The summed E-state index contributed by atoms with van der Waals surface area (Å²) in [5, 5.41) is 13.5. The lowest BCUT2D eigenvalue weighted by atomic mass is 10.1. The highest BCUT2D eigenvalue weighted by Crippen LogP contribution is 2.24. The monoisotopic (exact) mass is 306 g/mol. The number of rotatable bonds is 5. The molecule has 116 valence electrons. The van der Waals surface area contributed by atoms with Crippen LogP contribution in [0.4, 0.5) is 5.69 Å². The molecule has 0 spiro atoms. The summed E-state index contributed by atoms with van der Waals surface area (Å²) in [6.07, 6.45) is 0.927. The first-order valence-electron chi connectivity index (χ1n) is 7.56. The van der Waals surface area contributed by atoms with E-state index in [-0.39, 0.29) is 5.56 Å². The first-order valence-corrected chi connectivity index (χ1v) is 7.56. The summed E-state index contributed by atoms with van der Waals surface area (Å²) in [5.41, 5.74) is 4.09. The second-order valence-electron chi connectivity index (χ2n) is 5.51. The number of pyridine rings is 1. The molecular formula is C19H18N2O2. The molecule has 3 aromatic rings. The highest BCUT2D eigenvalue weighted by molar-refractivity contribution is 5.97. The van der Waals surface area contributed by atoms with E-state index in [4.69, 9.17) is 5.11 Å². The molecular weight excluding hydrogens is 288 g/mol. The first-order chi connectivity index (χ1) is 11.1. The van der Waals surface area contributed by atoms with Crippen molar-refractivity contribution in [2.45, 2.75) is 13.3 Å². The van der Waals surface area contributed by atoms with E-state index in [2.05, 4.69) is 22.4 Å². The lowest BCUT2D eigenvalue weighted by molar-refractivity contribution is 0.0697. The third-order valence-electron chi connectivity index (χ3n) is 3.76. The van der Waals surface area contributed by atoms with Gasteiger partial charge in [-0.05, 0) is 43.2 Å². The molecule has 4 heteroatoms. The van der Waals surface area contributed by atoms with Gasteiger partial charge in [-0.25, -0.2) is 4.79 Å². The zero-order valence-electron chi connectivity index (χ0n) is 12.9. The van der Waals surface area contributed by atoms with E-state index < -0.39 is 5.97 Å². The Balaban J connectivity index is 1.83. The standard InChI is InChI=1S/C19H18N2O2/c1-13-11-17(20-10-9-14-5-3-2-4-6-14)16-8-7-15(19(22)23)12-18(16)21-13/h2-8,11-12H,9-10H2,1H3,(H,20,21)(H,22,23). The van der Waals surface area contributed by atoms with Crippen LogP contribution in [0.25, 0.3) is 10.9 Å². The average Bonchev–Trinajstić information content (AvgIpc) is 2.55. The lowest BCUT2D eigenvalue weighted by Gasteiger charge is -2.11. The number of benzene rings is 2. The van der Waals surface area contributed by atoms with Crippen LogP contribution in [0, 0.1) is 6.92 Å². The Hall–Kier alpha value is -2.88. The van der Waals surface area contributed by atoms with Gasteiger partial charge in [-0.2, -0.15) is 0 Å². The SMILES string of the molecule is Cc1cc(NCCc2ccccc2)c2ccc(C(=O)O)cc2n1. The van der Waals surface area contributed by atoms with Gasteiger partial charge in [-0.1, -0.05) is 30.3 Å². The number of aryl methyl sites for hydroxylation is 1. The number of hydrogen-bond acceptors (Lipinski definition) is 3. The quantitative estimate of drug-likeness (QED) is 0.750. The van der Waals surface area contributed by atoms with E-state index in [0.29, 0.717) is 5.52 Å². The maximum Gasteiger partial charge on any atom is 0.335 e. The molecule has 4 nitrogen and oxygen atoms in total. The lowest BCUT2D eigenvalue weighted by Crippen LogP contribution is -2.06. The molecule has 0 atom stereocenters. The van der Waals surface area contributed by atoms with Crippen molar-refractivity contribution in [3.05, 3.63) is 71.4 Å². The van der Waals surface area contributed by atoms with Crippen molar-refractivity contribution in [3.8, 4) is 0 Å². The maximum absolute atomic E-state index is 11.1. The Labute approximate surface area is 134 Å². The molecule has 0 unspecified atom stereocenters. The summed E-state index contributed by atoms with van der Waals surface area (Å²) >= 11 is 0. The van der Waals surface area contributed by atoms with Crippen LogP contribution in [0.15, 0.2) is 54.6 Å². The number of hydrogen-bond donors (Lipinski definition) is 2. The number of aromatic nitrogens is 1. The Morgan fingerprint density at radius 2 is 1.91 bits per heavy atom. The topological polar surface area (TPSA) is 62.2 Å². The molecule has 0 aliphatic rings. The largest absolute Gasteiger partial charge is 0.478 e. The van der Waals surface area contributed by atoms with E-state index in [0.717, 1.165) is 29.7 Å². The van der Waals surface area contributed by atoms with Gasteiger partial charge in [0, 0.05) is 23.3 Å². The van der Waals surface area contributed by atoms with E-state index >= 15 is 0 Å². The third-order valence-corrected chi connectivity index (χ3v) is 3.76. The average molecular weight is 306 g/mol. The molecule has 0 saturated carbocycles. The fourth-order valence-electron chi connectivity index (χ4n) is 2.63. The molecule has 0 aliphatic heterocycles. The minimum absolute atomic E-state index is 0.255. The summed E-state index contributed by atoms with van der Waals surface area (Å²) in [6, 6.07) is 17.3. The molecule has 2 N–H and O–H groups in total. The minimum atomic E-state index is -0.936. The van der Waals surface area contributed by atoms with Crippen molar-refractivity contribution in [2.75, 3.05) is 11.9 Å². The molecule has 3 rings (SSSR count). The van der Waals surface area contributed by atoms with E-state index in [1.165, 1.54) is 5.56 Å². The summed E-state index contributed by atoms with van der Waals surface area (Å²) in [7, 11) is 0. The molecule has 1 heterocycles. The number of carbonyl (C=O) groups is 1. The summed E-state index contributed by atoms with van der Waals surface area (Å²) < 4.78 is 0. The molecule has 0 bridgehead atoms. The first kappa shape index (κ1) is 15.0. The van der Waals surface area contributed by atoms with Crippen molar-refractivity contribution < 1.29 is 9.90 Å². The van der Waals surface area contributed by atoms with Crippen LogP contribution in [0.2, 0.25) is 0 Å². The zero-order chi connectivity index (χ0) is 16.2. The Bertz CT molecular complexity index is 845. The van der Waals surface area contributed by atoms with Crippen molar-refractivity contribution in [1.82, 2.24) is 4.98 Å². The fraction of sp³-hybridized carbons (Fsp3) is 0.158. The van der Waals surface area contributed by atoms with Crippen LogP contribution >= 0.6 is 0 Å². The van der Waals surface area contributed by atoms with Crippen molar-refractivity contribution >= 4 is 22.6 Å². The molecule has 0 amide bonds. The van der Waals surface area contributed by atoms with Gasteiger partial charge in [0.2, 0.25) is 0 Å². The van der Waals surface area contributed by atoms with Crippen molar-refractivity contribution in [2.24, 2.45) is 0 Å². The molecule has 1 aromatic heterocycles. The fourth-order valence-corrected chi connectivity index (χ4v) is 2.63. The van der Waals surface area contributed by atoms with Gasteiger partial charge in [0.15, 0.2) is 0 Å². The molecule has 2 aromatic carbocycles. The van der Waals surface area contributed by atoms with Crippen LogP contribution < -0.4 is 5.32 Å². The number of carboxylic acids is 1. The van der Waals surface area contributed by atoms with Gasteiger partial charge >= 0.3 is 5.97 Å². The normalized spacial score (nSPS) is 10.7. The second kappa shape index (κ2) is 6.48. The number of carboxylic acid groups (broad SMARTS) is 1. The minimum Gasteiger partial charge on any atom is -0.478 e. The summed E-state index contributed by atoms with van der Waals surface area (Å²) in [5.74, 6) is -0.936. The highest BCUT2D eigenvalue weighted by atomic mass is 16.4. The molecule has 0 radical (unpaired) electrons. The zero-order valence-corrected chi connectivity index (χ0v) is 12.9. The summed E-state index contributed by atoms with van der Waals surface area (Å²) in [4.78, 5) is 15.5. The number of nitrogens with zero attached hydrogens (tertiary/aromatic N) is 1. The Morgan fingerprint density at radius 1 is 1.13 bits per heavy atom. The Morgan fingerprint density at radius 3 is 2.65 bits per heavy atom. The Kier molecular flexibility index (Phi) is 4.24. The number of aromatic carboxylic acids is 1. The van der Waals surface area contributed by atoms with Crippen LogP contribution in [0.1, 0.15) is 21.6 Å². The van der Waals surface area contributed by atoms with Crippen LogP contribution in [0.3, 0.4) is 0 Å². The predicted octanol–water partition coefficient (Wildman–Crippen LogP) is 3.90. The summed E-state index contributed by atoms with van der Waals surface area (Å²) in [6.45, 7) is 2.72. The van der Waals surface area contributed by atoms with Gasteiger partial charge in [0.25, 0.3) is 0 Å². The smallest absolute Gasteiger partial charge is 0.335 e. The van der Waals surface area contributed by atoms with Crippen molar-refractivity contribution in [3.63, 3.8) is 0 Å². The molecule has 23 heavy (non-hydrogen) atoms. The molecule has 0 fully saturated rings. The van der Waals surface area contributed by atoms with Crippen LogP contribution in [0.5, 0.6) is 0 Å². The number of fused-ring (bicyclic) bond motifs is 1.